The van der Waals surface area contributed by atoms with E-state index in [1.165, 1.54) is 0 Å². The molecule has 0 saturated heterocycles. The lowest BCUT2D eigenvalue weighted by atomic mass is 10.1. The fourth-order valence-corrected chi connectivity index (χ4v) is 2.76. The molecule has 1 amide bonds. The first kappa shape index (κ1) is 13.7. The lowest BCUT2D eigenvalue weighted by Crippen LogP contribution is -2.12. The number of aromatic nitrogens is 1. The molecule has 106 valence electrons. The molecule has 5 heteroatoms. The molecule has 0 atom stereocenters. The zero-order chi connectivity index (χ0) is 15.0. The molecule has 0 radical (unpaired) electrons. The van der Waals surface area contributed by atoms with Gasteiger partial charge in [0, 0.05) is 39.4 Å². The van der Waals surface area contributed by atoms with Crippen LogP contribution in [0, 0.1) is 0 Å². The quantitative estimate of drug-likeness (QED) is 0.717. The third-order valence-electron chi connectivity index (χ3n) is 3.50. The topological polar surface area (TPSA) is 74.0 Å². The second kappa shape index (κ2) is 5.26. The molecule has 3 aromatic rings. The van der Waals surface area contributed by atoms with Crippen LogP contribution >= 0.6 is 15.9 Å². The van der Waals surface area contributed by atoms with Crippen LogP contribution in [0.5, 0.6) is 0 Å². The van der Waals surface area contributed by atoms with Crippen molar-refractivity contribution in [2.24, 2.45) is 5.73 Å². The Morgan fingerprint density at radius 3 is 2.67 bits per heavy atom. The summed E-state index contributed by atoms with van der Waals surface area (Å²) in [5.41, 5.74) is 14.4. The van der Waals surface area contributed by atoms with E-state index in [0.717, 1.165) is 20.9 Å². The van der Waals surface area contributed by atoms with Gasteiger partial charge in [0.15, 0.2) is 0 Å². The summed E-state index contributed by atoms with van der Waals surface area (Å²) in [5, 5.41) is 1.16. The van der Waals surface area contributed by atoms with Crippen LogP contribution in [-0.2, 0) is 6.54 Å². The molecular weight excluding hydrogens is 330 g/mol. The van der Waals surface area contributed by atoms with Gasteiger partial charge in [0.25, 0.3) is 0 Å². The number of nitrogen functional groups attached to an aromatic ring is 1. The first-order chi connectivity index (χ1) is 10.0. The summed E-state index contributed by atoms with van der Waals surface area (Å²) in [6.07, 6.45) is 2.03. The minimum atomic E-state index is -0.468. The van der Waals surface area contributed by atoms with E-state index in [-0.39, 0.29) is 0 Å². The molecule has 4 N–H and O–H groups in total. The number of rotatable bonds is 3. The maximum Gasteiger partial charge on any atom is 0.248 e. The Morgan fingerprint density at radius 1 is 1.14 bits per heavy atom. The number of nitrogens with two attached hydrogens (primary N) is 2. The summed E-state index contributed by atoms with van der Waals surface area (Å²) in [6.45, 7) is 0.649. The summed E-state index contributed by atoms with van der Waals surface area (Å²) in [6, 6.07) is 13.4. The molecule has 0 spiro atoms. The Hall–Kier alpha value is -2.27. The highest BCUT2D eigenvalue weighted by Crippen LogP contribution is 2.23. The van der Waals surface area contributed by atoms with Gasteiger partial charge in [0.1, 0.15) is 0 Å². The number of nitrogens with zero attached hydrogens (tertiary/aromatic N) is 1. The lowest BCUT2D eigenvalue weighted by Gasteiger charge is -2.09. The highest BCUT2D eigenvalue weighted by Gasteiger charge is 2.07. The van der Waals surface area contributed by atoms with Crippen LogP contribution in [0.2, 0.25) is 0 Å². The van der Waals surface area contributed by atoms with Crippen molar-refractivity contribution in [3.63, 3.8) is 0 Å². The third-order valence-corrected chi connectivity index (χ3v) is 4.00. The van der Waals surface area contributed by atoms with Crippen LogP contribution in [0.4, 0.5) is 5.69 Å². The van der Waals surface area contributed by atoms with Crippen LogP contribution in [0.3, 0.4) is 0 Å². The second-order valence-corrected chi connectivity index (χ2v) is 5.84. The molecule has 0 fully saturated rings. The molecular formula is C16H14BrN3O. The van der Waals surface area contributed by atoms with Gasteiger partial charge in [-0.1, -0.05) is 22.0 Å². The largest absolute Gasteiger partial charge is 0.398 e. The van der Waals surface area contributed by atoms with Crippen molar-refractivity contribution in [3.8, 4) is 0 Å². The Balaban J connectivity index is 1.97. The predicted molar refractivity (Wildman–Crippen MR) is 88.1 cm³/mol. The first-order valence-corrected chi connectivity index (χ1v) is 7.26. The molecule has 4 nitrogen and oxygen atoms in total. The number of primary amides is 1. The van der Waals surface area contributed by atoms with Crippen LogP contribution in [0.25, 0.3) is 10.9 Å². The highest BCUT2D eigenvalue weighted by atomic mass is 79.9. The van der Waals surface area contributed by atoms with Gasteiger partial charge in [0.2, 0.25) is 5.91 Å². The monoisotopic (exact) mass is 343 g/mol. The first-order valence-electron chi connectivity index (χ1n) is 6.47. The summed E-state index contributed by atoms with van der Waals surface area (Å²) in [4.78, 5) is 11.1. The van der Waals surface area contributed by atoms with Gasteiger partial charge < -0.3 is 16.0 Å². The number of hydrogen-bond donors (Lipinski definition) is 2. The number of halogens is 1. The number of carbonyl (C=O) groups excluding carboxylic acids is 1. The number of carbonyl (C=O) groups is 1. The molecule has 1 aromatic heterocycles. The van der Waals surface area contributed by atoms with Gasteiger partial charge in [-0.2, -0.15) is 0 Å². The SMILES string of the molecule is NC(=O)c1ccc(Cn2ccc3cc(Br)ccc32)c(N)c1. The van der Waals surface area contributed by atoms with E-state index in [4.69, 9.17) is 11.5 Å². The standard InChI is InChI=1S/C16H14BrN3O/c17-13-3-4-15-10(7-13)5-6-20(15)9-12-2-1-11(16(19)21)8-14(12)18/h1-8H,9,18H2,(H2,19,21). The average Bonchev–Trinajstić information content (AvgIpc) is 2.83. The van der Waals surface area contributed by atoms with Gasteiger partial charge in [-0.05, 0) is 42.0 Å². The smallest absolute Gasteiger partial charge is 0.248 e. The average molecular weight is 344 g/mol. The van der Waals surface area contributed by atoms with Crippen LogP contribution in [0.1, 0.15) is 15.9 Å². The van der Waals surface area contributed by atoms with Crippen LogP contribution in [0.15, 0.2) is 53.1 Å². The molecule has 0 aliphatic heterocycles. The summed E-state index contributed by atoms with van der Waals surface area (Å²) in [7, 11) is 0. The Bertz CT molecular complexity index is 839. The summed E-state index contributed by atoms with van der Waals surface area (Å²) < 4.78 is 3.18. The zero-order valence-corrected chi connectivity index (χ0v) is 12.8. The van der Waals surface area contributed by atoms with Crippen LogP contribution in [-0.4, -0.2) is 10.5 Å². The minimum Gasteiger partial charge on any atom is -0.398 e. The van der Waals surface area contributed by atoms with Gasteiger partial charge in [-0.3, -0.25) is 4.79 Å². The zero-order valence-electron chi connectivity index (χ0n) is 11.2. The third kappa shape index (κ3) is 2.64. The maximum atomic E-state index is 11.1. The van der Waals surface area contributed by atoms with Crippen molar-refractivity contribution in [2.45, 2.75) is 6.54 Å². The minimum absolute atomic E-state index is 0.428. The molecule has 0 aliphatic carbocycles. The van der Waals surface area contributed by atoms with Crippen LogP contribution < -0.4 is 11.5 Å². The predicted octanol–water partition coefficient (Wildman–Crippen LogP) is 3.13. The fraction of sp³-hybridized carbons (Fsp3) is 0.0625. The van der Waals surface area contributed by atoms with Crippen molar-refractivity contribution in [2.75, 3.05) is 5.73 Å². The van der Waals surface area contributed by atoms with Crippen molar-refractivity contribution in [3.05, 3.63) is 64.3 Å². The summed E-state index contributed by atoms with van der Waals surface area (Å²) in [5.74, 6) is -0.468. The van der Waals surface area contributed by atoms with E-state index in [2.05, 4.69) is 38.7 Å². The number of amides is 1. The number of anilines is 1. The van der Waals surface area contributed by atoms with E-state index in [9.17, 15) is 4.79 Å². The highest BCUT2D eigenvalue weighted by molar-refractivity contribution is 9.10. The molecule has 0 aliphatic rings. The van der Waals surface area contributed by atoms with Gasteiger partial charge >= 0.3 is 0 Å². The van der Waals surface area contributed by atoms with E-state index in [1.807, 2.05) is 18.3 Å². The Labute approximate surface area is 130 Å². The van der Waals surface area contributed by atoms with Gasteiger partial charge in [-0.25, -0.2) is 0 Å². The molecule has 1 heterocycles. The molecule has 0 bridgehead atoms. The van der Waals surface area contributed by atoms with Crippen molar-refractivity contribution < 1.29 is 4.79 Å². The van der Waals surface area contributed by atoms with E-state index < -0.39 is 5.91 Å². The number of hydrogen-bond acceptors (Lipinski definition) is 2. The van der Waals surface area contributed by atoms with E-state index in [0.29, 0.717) is 17.8 Å². The molecule has 0 saturated carbocycles. The van der Waals surface area contributed by atoms with Crippen molar-refractivity contribution >= 4 is 38.4 Å². The van der Waals surface area contributed by atoms with Gasteiger partial charge in [0.05, 0.1) is 0 Å². The molecule has 3 rings (SSSR count). The summed E-state index contributed by atoms with van der Waals surface area (Å²) >= 11 is 3.47. The Morgan fingerprint density at radius 2 is 1.95 bits per heavy atom. The normalized spacial score (nSPS) is 10.9. The molecule has 0 unspecified atom stereocenters. The van der Waals surface area contributed by atoms with E-state index in [1.54, 1.807) is 12.1 Å². The van der Waals surface area contributed by atoms with E-state index >= 15 is 0 Å². The molecule has 2 aromatic carbocycles. The van der Waals surface area contributed by atoms with Gasteiger partial charge in [-0.15, -0.1) is 0 Å². The number of fused-ring (bicyclic) bond motifs is 1. The lowest BCUT2D eigenvalue weighted by molar-refractivity contribution is 0.100. The molecule has 21 heavy (non-hydrogen) atoms. The second-order valence-electron chi connectivity index (χ2n) is 4.92. The maximum absolute atomic E-state index is 11.1. The fourth-order valence-electron chi connectivity index (χ4n) is 2.38. The van der Waals surface area contributed by atoms with Crippen molar-refractivity contribution in [1.82, 2.24) is 4.57 Å². The van der Waals surface area contributed by atoms with Crippen molar-refractivity contribution in [1.29, 1.82) is 0 Å². The number of benzene rings is 2. The Kier molecular flexibility index (Phi) is 3.43.